The number of thiophene rings is 2. The van der Waals surface area contributed by atoms with Crippen molar-refractivity contribution < 1.29 is 19.2 Å². The number of nitrogens with zero attached hydrogens (tertiary/aromatic N) is 1. The number of amides is 1. The van der Waals surface area contributed by atoms with E-state index in [9.17, 15) is 19.7 Å². The van der Waals surface area contributed by atoms with E-state index in [1.165, 1.54) is 46.9 Å². The molecule has 2 heterocycles. The fourth-order valence-electron chi connectivity index (χ4n) is 2.28. The number of carbonyl (C=O) groups is 2. The van der Waals surface area contributed by atoms with Crippen molar-refractivity contribution >= 4 is 57.6 Å². The predicted molar refractivity (Wildman–Crippen MR) is 109 cm³/mol. The summed E-state index contributed by atoms with van der Waals surface area (Å²) < 4.78 is 5.15. The molecule has 1 amide bonds. The van der Waals surface area contributed by atoms with Crippen molar-refractivity contribution in [2.24, 2.45) is 0 Å². The van der Waals surface area contributed by atoms with E-state index >= 15 is 0 Å². The molecule has 0 fully saturated rings. The summed E-state index contributed by atoms with van der Waals surface area (Å²) in [6.45, 7) is -0.505. The van der Waals surface area contributed by atoms with Crippen LogP contribution in [-0.4, -0.2) is 23.4 Å². The number of carbonyl (C=O) groups excluding carboxylic acids is 2. The molecule has 3 aromatic rings. The molecule has 0 radical (unpaired) electrons. The van der Waals surface area contributed by atoms with Gasteiger partial charge in [0, 0.05) is 27.6 Å². The van der Waals surface area contributed by atoms with E-state index in [4.69, 9.17) is 4.74 Å². The fourth-order valence-corrected chi connectivity index (χ4v) is 3.67. The van der Waals surface area contributed by atoms with Crippen LogP contribution in [0.1, 0.15) is 9.75 Å². The Hall–Kier alpha value is -3.30. The zero-order valence-corrected chi connectivity index (χ0v) is 16.0. The number of nitro groups is 1. The second-order valence-corrected chi connectivity index (χ2v) is 7.41. The third-order valence-corrected chi connectivity index (χ3v) is 5.23. The lowest BCUT2D eigenvalue weighted by Gasteiger charge is -2.08. The summed E-state index contributed by atoms with van der Waals surface area (Å²) >= 11 is 2.88. The second-order valence-electron chi connectivity index (χ2n) is 5.48. The van der Waals surface area contributed by atoms with Crippen LogP contribution in [-0.2, 0) is 14.3 Å². The Morgan fingerprint density at radius 1 is 1.11 bits per heavy atom. The summed E-state index contributed by atoms with van der Waals surface area (Å²) in [7, 11) is 0. The molecule has 28 heavy (non-hydrogen) atoms. The zero-order chi connectivity index (χ0) is 19.9. The van der Waals surface area contributed by atoms with E-state index in [1.54, 1.807) is 12.1 Å². The highest BCUT2D eigenvalue weighted by Crippen LogP contribution is 2.26. The minimum Gasteiger partial charge on any atom is -0.452 e. The molecule has 0 saturated heterocycles. The molecule has 0 atom stereocenters. The molecule has 3 rings (SSSR count). The Bertz CT molecular complexity index is 1010. The molecule has 0 aliphatic carbocycles. The third-order valence-electron chi connectivity index (χ3n) is 3.51. The van der Waals surface area contributed by atoms with Crippen LogP contribution in [0.15, 0.2) is 59.3 Å². The molecular formula is C19H14N2O5S2. The standard InChI is InChI=1S/C19H14N2O5S2/c22-18(20-13-4-1-5-14(10-13)21(24)25)12-26-19(23)16(17-7-3-9-28-17)11-15-6-2-8-27-15/h1-11H,12H2,(H,20,22)/b16-11+. The minimum absolute atomic E-state index is 0.145. The summed E-state index contributed by atoms with van der Waals surface area (Å²) in [5.41, 5.74) is 0.470. The topological polar surface area (TPSA) is 98.5 Å². The highest BCUT2D eigenvalue weighted by Gasteiger charge is 2.17. The highest BCUT2D eigenvalue weighted by atomic mass is 32.1. The first kappa shape index (κ1) is 19.5. The van der Waals surface area contributed by atoms with Gasteiger partial charge < -0.3 is 10.1 Å². The van der Waals surface area contributed by atoms with Gasteiger partial charge in [-0.3, -0.25) is 14.9 Å². The van der Waals surface area contributed by atoms with Crippen molar-refractivity contribution in [3.63, 3.8) is 0 Å². The van der Waals surface area contributed by atoms with E-state index in [-0.39, 0.29) is 11.4 Å². The molecule has 0 spiro atoms. The van der Waals surface area contributed by atoms with Crippen LogP contribution >= 0.6 is 22.7 Å². The molecule has 0 aliphatic heterocycles. The van der Waals surface area contributed by atoms with Crippen LogP contribution in [0.25, 0.3) is 11.6 Å². The van der Waals surface area contributed by atoms with Crippen molar-refractivity contribution in [2.45, 2.75) is 0 Å². The second kappa shape index (κ2) is 9.07. The number of non-ortho nitro benzene ring substituents is 1. The lowest BCUT2D eigenvalue weighted by molar-refractivity contribution is -0.384. The van der Waals surface area contributed by atoms with Crippen LogP contribution in [0.4, 0.5) is 11.4 Å². The maximum Gasteiger partial charge on any atom is 0.340 e. The van der Waals surface area contributed by atoms with Gasteiger partial charge in [0.2, 0.25) is 0 Å². The molecule has 0 bridgehead atoms. The van der Waals surface area contributed by atoms with E-state index in [0.717, 1.165) is 9.75 Å². The van der Waals surface area contributed by atoms with E-state index < -0.39 is 23.4 Å². The first-order chi connectivity index (χ1) is 13.5. The molecule has 142 valence electrons. The van der Waals surface area contributed by atoms with Crippen molar-refractivity contribution in [1.29, 1.82) is 0 Å². The summed E-state index contributed by atoms with van der Waals surface area (Å²) in [5, 5.41) is 17.0. The van der Waals surface area contributed by atoms with Crippen LogP contribution in [0.5, 0.6) is 0 Å². The van der Waals surface area contributed by atoms with E-state index in [0.29, 0.717) is 5.57 Å². The van der Waals surface area contributed by atoms with E-state index in [1.807, 2.05) is 29.0 Å². The molecule has 2 aromatic heterocycles. The fraction of sp³-hybridized carbons (Fsp3) is 0.0526. The number of nitrogens with one attached hydrogen (secondary N) is 1. The number of esters is 1. The lowest BCUT2D eigenvalue weighted by Crippen LogP contribution is -2.21. The quantitative estimate of drug-likeness (QED) is 0.267. The van der Waals surface area contributed by atoms with Crippen LogP contribution in [0.2, 0.25) is 0 Å². The predicted octanol–water partition coefficient (Wildman–Crippen LogP) is 4.44. The Balaban J connectivity index is 1.65. The third kappa shape index (κ3) is 5.12. The number of rotatable bonds is 7. The first-order valence-electron chi connectivity index (χ1n) is 8.03. The van der Waals surface area contributed by atoms with Gasteiger partial charge in [0.15, 0.2) is 6.61 Å². The van der Waals surface area contributed by atoms with Crippen LogP contribution in [0.3, 0.4) is 0 Å². The molecule has 0 unspecified atom stereocenters. The first-order valence-corrected chi connectivity index (χ1v) is 9.79. The highest BCUT2D eigenvalue weighted by molar-refractivity contribution is 7.12. The Morgan fingerprint density at radius 3 is 2.57 bits per heavy atom. The maximum atomic E-state index is 12.5. The Kier molecular flexibility index (Phi) is 6.30. The largest absolute Gasteiger partial charge is 0.452 e. The Morgan fingerprint density at radius 2 is 1.89 bits per heavy atom. The van der Waals surface area contributed by atoms with Gasteiger partial charge in [0.05, 0.1) is 10.5 Å². The number of anilines is 1. The molecule has 1 N–H and O–H groups in total. The van der Waals surface area contributed by atoms with Crippen LogP contribution < -0.4 is 5.32 Å². The number of nitro benzene ring substituents is 1. The molecule has 9 heteroatoms. The summed E-state index contributed by atoms with van der Waals surface area (Å²) in [5.74, 6) is -1.21. The maximum absolute atomic E-state index is 12.5. The smallest absolute Gasteiger partial charge is 0.340 e. The molecule has 7 nitrogen and oxygen atoms in total. The lowest BCUT2D eigenvalue weighted by atomic mass is 10.2. The average Bonchev–Trinajstić information content (AvgIpc) is 3.38. The van der Waals surface area contributed by atoms with Crippen molar-refractivity contribution in [3.05, 3.63) is 79.2 Å². The van der Waals surface area contributed by atoms with Gasteiger partial charge in [-0.25, -0.2) is 4.79 Å². The summed E-state index contributed by atoms with van der Waals surface area (Å²) in [4.78, 5) is 36.4. The van der Waals surface area contributed by atoms with Crippen LogP contribution in [0, 0.1) is 10.1 Å². The molecular weight excluding hydrogens is 400 g/mol. The van der Waals surface area contributed by atoms with Gasteiger partial charge in [0.1, 0.15) is 0 Å². The van der Waals surface area contributed by atoms with Crippen molar-refractivity contribution in [2.75, 3.05) is 11.9 Å². The molecule has 1 aromatic carbocycles. The number of hydrogen-bond acceptors (Lipinski definition) is 7. The van der Waals surface area contributed by atoms with Gasteiger partial charge in [-0.15, -0.1) is 22.7 Å². The SMILES string of the molecule is O=C(COC(=O)/C(=C/c1cccs1)c1cccs1)Nc1cccc([N+](=O)[O-])c1. The van der Waals surface area contributed by atoms with Gasteiger partial charge in [-0.05, 0) is 35.0 Å². The van der Waals surface area contributed by atoms with Gasteiger partial charge in [0.25, 0.3) is 11.6 Å². The van der Waals surface area contributed by atoms with Gasteiger partial charge in [-0.1, -0.05) is 18.2 Å². The number of ether oxygens (including phenoxy) is 1. The molecule has 0 aliphatic rings. The van der Waals surface area contributed by atoms with Gasteiger partial charge >= 0.3 is 5.97 Å². The monoisotopic (exact) mass is 414 g/mol. The van der Waals surface area contributed by atoms with Gasteiger partial charge in [-0.2, -0.15) is 0 Å². The average molecular weight is 414 g/mol. The number of benzene rings is 1. The van der Waals surface area contributed by atoms with E-state index in [2.05, 4.69) is 5.32 Å². The number of hydrogen-bond donors (Lipinski definition) is 1. The minimum atomic E-state index is -0.620. The normalized spacial score (nSPS) is 11.1. The molecule has 0 saturated carbocycles. The Labute approximate surface area is 168 Å². The summed E-state index contributed by atoms with van der Waals surface area (Å²) in [6, 6.07) is 12.9. The van der Waals surface area contributed by atoms with Crippen molar-refractivity contribution in [3.8, 4) is 0 Å². The zero-order valence-electron chi connectivity index (χ0n) is 14.4. The summed E-state index contributed by atoms with van der Waals surface area (Å²) in [6.07, 6.45) is 1.72. The van der Waals surface area contributed by atoms with Crippen molar-refractivity contribution in [1.82, 2.24) is 0 Å².